The summed E-state index contributed by atoms with van der Waals surface area (Å²) in [6.07, 6.45) is 2.33. The standard InChI is InChI=1S/C7H8N5O4/c1-12(7-9-2-8-3-10-7)11-4(5(13)14)6(15)16/h2-4,11H,1H2,(H,13,14)(H,15,16). The second-order valence-corrected chi connectivity index (χ2v) is 2.60. The van der Waals surface area contributed by atoms with Crippen molar-refractivity contribution in [3.8, 4) is 0 Å². The summed E-state index contributed by atoms with van der Waals surface area (Å²) in [5.41, 5.74) is 2.10. The first-order chi connectivity index (χ1) is 7.52. The number of rotatable bonds is 5. The molecule has 0 saturated heterocycles. The number of nitrogens with one attached hydrogen (secondary N) is 1. The zero-order valence-electron chi connectivity index (χ0n) is 7.94. The molecule has 0 bridgehead atoms. The molecule has 1 heterocycles. The highest BCUT2D eigenvalue weighted by Gasteiger charge is 2.27. The van der Waals surface area contributed by atoms with Gasteiger partial charge in [0.15, 0.2) is 0 Å². The Balaban J connectivity index is 2.73. The van der Waals surface area contributed by atoms with Crippen molar-refractivity contribution in [3.63, 3.8) is 0 Å². The van der Waals surface area contributed by atoms with E-state index in [0.717, 1.165) is 5.01 Å². The Bertz CT molecular complexity index is 370. The average Bonchev–Trinajstić information content (AvgIpc) is 2.25. The number of nitrogens with zero attached hydrogens (tertiary/aromatic N) is 4. The molecule has 16 heavy (non-hydrogen) atoms. The van der Waals surface area contributed by atoms with Crippen molar-refractivity contribution in [1.29, 1.82) is 0 Å². The van der Waals surface area contributed by atoms with Crippen molar-refractivity contribution in [3.05, 3.63) is 19.7 Å². The zero-order chi connectivity index (χ0) is 12.1. The van der Waals surface area contributed by atoms with E-state index in [1.165, 1.54) is 12.7 Å². The number of hydrazine groups is 1. The van der Waals surface area contributed by atoms with Crippen LogP contribution in [0.5, 0.6) is 0 Å². The van der Waals surface area contributed by atoms with Crippen LogP contribution in [-0.2, 0) is 9.59 Å². The van der Waals surface area contributed by atoms with Crippen molar-refractivity contribution >= 4 is 17.9 Å². The summed E-state index contributed by atoms with van der Waals surface area (Å²) in [6.45, 7) is 0. The lowest BCUT2D eigenvalue weighted by atomic mass is 10.3. The molecule has 0 unspecified atom stereocenters. The monoisotopic (exact) mass is 226 g/mol. The molecule has 0 fully saturated rings. The molecular formula is C7H8N5O4. The number of anilines is 1. The molecule has 1 aromatic heterocycles. The van der Waals surface area contributed by atoms with Crippen molar-refractivity contribution in [2.75, 3.05) is 5.01 Å². The number of aliphatic carboxylic acids is 2. The summed E-state index contributed by atoms with van der Waals surface area (Å²) in [7, 11) is 3.36. The number of aromatic nitrogens is 3. The molecule has 1 rings (SSSR count). The van der Waals surface area contributed by atoms with Gasteiger partial charge in [0.05, 0.1) is 7.05 Å². The average molecular weight is 226 g/mol. The van der Waals surface area contributed by atoms with Crippen LogP contribution in [0.15, 0.2) is 12.7 Å². The molecule has 9 heteroatoms. The topological polar surface area (TPSA) is 129 Å². The van der Waals surface area contributed by atoms with E-state index < -0.39 is 18.0 Å². The molecule has 0 saturated carbocycles. The summed E-state index contributed by atoms with van der Waals surface area (Å²) < 4.78 is 0. The predicted molar refractivity (Wildman–Crippen MR) is 49.9 cm³/mol. The maximum Gasteiger partial charge on any atom is 0.334 e. The van der Waals surface area contributed by atoms with E-state index in [4.69, 9.17) is 10.2 Å². The van der Waals surface area contributed by atoms with Gasteiger partial charge in [-0.1, -0.05) is 0 Å². The molecule has 1 radical (unpaired) electrons. The van der Waals surface area contributed by atoms with E-state index in [9.17, 15) is 9.59 Å². The van der Waals surface area contributed by atoms with Crippen molar-refractivity contribution in [2.45, 2.75) is 6.04 Å². The Kier molecular flexibility index (Phi) is 3.67. The minimum Gasteiger partial charge on any atom is -0.480 e. The molecule has 0 atom stereocenters. The molecule has 0 amide bonds. The van der Waals surface area contributed by atoms with Gasteiger partial charge in [0, 0.05) is 0 Å². The van der Waals surface area contributed by atoms with Gasteiger partial charge in [0.25, 0.3) is 0 Å². The summed E-state index contributed by atoms with van der Waals surface area (Å²) in [4.78, 5) is 31.9. The van der Waals surface area contributed by atoms with E-state index in [1.54, 1.807) is 0 Å². The van der Waals surface area contributed by atoms with Crippen LogP contribution in [0.2, 0.25) is 0 Å². The van der Waals surface area contributed by atoms with Gasteiger partial charge in [-0.05, 0) is 0 Å². The normalized spacial score (nSPS) is 10.1. The number of carboxylic acid groups (broad SMARTS) is 2. The van der Waals surface area contributed by atoms with Crippen LogP contribution in [0.3, 0.4) is 0 Å². The van der Waals surface area contributed by atoms with E-state index in [1.807, 2.05) is 0 Å². The number of carbonyl (C=O) groups is 2. The van der Waals surface area contributed by atoms with Crippen LogP contribution in [0.25, 0.3) is 0 Å². The highest BCUT2D eigenvalue weighted by molar-refractivity contribution is 5.97. The Hall–Kier alpha value is -2.29. The fraction of sp³-hybridized carbons (Fsp3) is 0.143. The second-order valence-electron chi connectivity index (χ2n) is 2.60. The van der Waals surface area contributed by atoms with Crippen LogP contribution in [-0.4, -0.2) is 43.1 Å². The fourth-order valence-corrected chi connectivity index (χ4v) is 0.802. The van der Waals surface area contributed by atoms with E-state index in [-0.39, 0.29) is 5.95 Å². The maximum absolute atomic E-state index is 10.6. The number of carboxylic acids is 2. The SMILES string of the molecule is [CH2]N(NC(C(=O)O)C(=O)O)c1ncncn1. The van der Waals surface area contributed by atoms with E-state index >= 15 is 0 Å². The van der Waals surface area contributed by atoms with Crippen LogP contribution in [0.4, 0.5) is 5.95 Å². The molecular weight excluding hydrogens is 218 g/mol. The lowest BCUT2D eigenvalue weighted by molar-refractivity contribution is -0.151. The maximum atomic E-state index is 10.6. The predicted octanol–water partition coefficient (Wildman–Crippen LogP) is -1.49. The molecule has 9 nitrogen and oxygen atoms in total. The quantitative estimate of drug-likeness (QED) is 0.406. The number of hydrogen-bond donors (Lipinski definition) is 3. The molecule has 85 valence electrons. The lowest BCUT2D eigenvalue weighted by Crippen LogP contribution is -2.50. The van der Waals surface area contributed by atoms with Gasteiger partial charge in [-0.25, -0.2) is 30.0 Å². The van der Waals surface area contributed by atoms with Gasteiger partial charge >= 0.3 is 11.9 Å². The molecule has 0 aliphatic carbocycles. The minimum absolute atomic E-state index is 0.00231. The second kappa shape index (κ2) is 4.98. The van der Waals surface area contributed by atoms with Crippen molar-refractivity contribution in [1.82, 2.24) is 20.4 Å². The third-order valence-corrected chi connectivity index (χ3v) is 1.50. The first-order valence-corrected chi connectivity index (χ1v) is 3.96. The van der Waals surface area contributed by atoms with Crippen molar-refractivity contribution < 1.29 is 19.8 Å². The first kappa shape index (κ1) is 11.8. The molecule has 0 aromatic carbocycles. The van der Waals surface area contributed by atoms with Crippen LogP contribution < -0.4 is 10.4 Å². The summed E-state index contributed by atoms with van der Waals surface area (Å²) in [6, 6.07) is -1.82. The van der Waals surface area contributed by atoms with Gasteiger partial charge in [0.1, 0.15) is 12.7 Å². The summed E-state index contributed by atoms with van der Waals surface area (Å²) in [5.74, 6) is -3.09. The fourth-order valence-electron chi connectivity index (χ4n) is 0.802. The van der Waals surface area contributed by atoms with Gasteiger partial charge in [0.2, 0.25) is 12.0 Å². The van der Waals surface area contributed by atoms with Gasteiger partial charge < -0.3 is 10.2 Å². The minimum atomic E-state index is -1.82. The molecule has 0 spiro atoms. The Morgan fingerprint density at radius 2 is 1.81 bits per heavy atom. The largest absolute Gasteiger partial charge is 0.480 e. The molecule has 3 N–H and O–H groups in total. The smallest absolute Gasteiger partial charge is 0.334 e. The Morgan fingerprint density at radius 3 is 2.25 bits per heavy atom. The van der Waals surface area contributed by atoms with E-state index in [0.29, 0.717) is 0 Å². The van der Waals surface area contributed by atoms with Crippen LogP contribution in [0.1, 0.15) is 0 Å². The first-order valence-electron chi connectivity index (χ1n) is 3.96. The third kappa shape index (κ3) is 2.85. The van der Waals surface area contributed by atoms with Gasteiger partial charge in [-0.2, -0.15) is 0 Å². The highest BCUT2D eigenvalue weighted by Crippen LogP contribution is 1.99. The summed E-state index contributed by atoms with van der Waals surface area (Å²) in [5, 5.41) is 18.0. The third-order valence-electron chi connectivity index (χ3n) is 1.50. The Morgan fingerprint density at radius 1 is 1.31 bits per heavy atom. The van der Waals surface area contributed by atoms with Crippen molar-refractivity contribution in [2.24, 2.45) is 0 Å². The lowest BCUT2D eigenvalue weighted by Gasteiger charge is -2.19. The molecule has 1 aromatic rings. The van der Waals surface area contributed by atoms with Crippen LogP contribution >= 0.6 is 0 Å². The van der Waals surface area contributed by atoms with Crippen LogP contribution in [0, 0.1) is 7.05 Å². The summed E-state index contributed by atoms with van der Waals surface area (Å²) >= 11 is 0. The Labute approximate surface area is 89.7 Å². The zero-order valence-corrected chi connectivity index (χ0v) is 7.94. The van der Waals surface area contributed by atoms with E-state index in [2.05, 4.69) is 27.4 Å². The van der Waals surface area contributed by atoms with Gasteiger partial charge in [-0.3, -0.25) is 5.01 Å². The van der Waals surface area contributed by atoms with Gasteiger partial charge in [-0.15, -0.1) is 0 Å². The highest BCUT2D eigenvalue weighted by atomic mass is 16.4. The molecule has 0 aliphatic rings. The molecule has 0 aliphatic heterocycles. The number of hydrogen-bond acceptors (Lipinski definition) is 7.